The minimum absolute atomic E-state index is 0.594. The third-order valence-corrected chi connectivity index (χ3v) is 3.47. The third-order valence-electron chi connectivity index (χ3n) is 3.47. The second-order valence-electron chi connectivity index (χ2n) is 6.06. The van der Waals surface area contributed by atoms with Crippen LogP contribution in [0.5, 0.6) is 0 Å². The average Bonchev–Trinajstić information content (AvgIpc) is 2.47. The van der Waals surface area contributed by atoms with Crippen molar-refractivity contribution in [1.82, 2.24) is 15.5 Å². The van der Waals surface area contributed by atoms with Crippen LogP contribution in [0, 0.1) is 5.92 Å². The van der Waals surface area contributed by atoms with Gasteiger partial charge in [0.2, 0.25) is 0 Å². The maximum absolute atomic E-state index is 5.57. The van der Waals surface area contributed by atoms with E-state index in [4.69, 9.17) is 4.74 Å². The summed E-state index contributed by atoms with van der Waals surface area (Å²) in [5.74, 6) is 1.50. The summed E-state index contributed by atoms with van der Waals surface area (Å²) < 4.78 is 5.57. The number of nitrogens with zero attached hydrogens (tertiary/aromatic N) is 2. The van der Waals surface area contributed by atoms with Crippen LogP contribution in [0.4, 0.5) is 0 Å². The number of aliphatic imine (C=N–C) groups is 1. The molecule has 1 rings (SSSR count). The molecule has 0 atom stereocenters. The SMILES string of the molecule is CCNC(=NCCN1CCCCC1)NCCOCC(C)C. The first-order chi connectivity index (χ1) is 10.2. The molecular weight excluding hydrogens is 264 g/mol. The summed E-state index contributed by atoms with van der Waals surface area (Å²) in [5, 5.41) is 6.61. The molecule has 0 radical (unpaired) electrons. The Balaban J connectivity index is 2.15. The topological polar surface area (TPSA) is 48.9 Å². The van der Waals surface area contributed by atoms with Crippen molar-refractivity contribution in [2.45, 2.75) is 40.0 Å². The summed E-state index contributed by atoms with van der Waals surface area (Å²) in [4.78, 5) is 7.15. The van der Waals surface area contributed by atoms with E-state index in [1.165, 1.54) is 32.4 Å². The van der Waals surface area contributed by atoms with Crippen molar-refractivity contribution in [2.75, 3.05) is 52.5 Å². The molecule has 0 bridgehead atoms. The van der Waals surface area contributed by atoms with Gasteiger partial charge in [0.05, 0.1) is 13.2 Å². The van der Waals surface area contributed by atoms with E-state index in [0.717, 1.165) is 45.4 Å². The summed E-state index contributed by atoms with van der Waals surface area (Å²) in [5.41, 5.74) is 0. The standard InChI is InChI=1S/C16H34N4O/c1-4-17-16(19-9-13-21-14-15(2)3)18-8-12-20-10-6-5-7-11-20/h15H,4-14H2,1-3H3,(H2,17,18,19). The second-order valence-corrected chi connectivity index (χ2v) is 6.06. The summed E-state index contributed by atoms with van der Waals surface area (Å²) in [6.45, 7) is 14.1. The molecule has 0 spiro atoms. The molecule has 1 aliphatic heterocycles. The molecule has 0 aliphatic carbocycles. The molecule has 0 amide bonds. The fourth-order valence-corrected chi connectivity index (χ4v) is 2.39. The van der Waals surface area contributed by atoms with E-state index < -0.39 is 0 Å². The van der Waals surface area contributed by atoms with Crippen LogP contribution < -0.4 is 10.6 Å². The fourth-order valence-electron chi connectivity index (χ4n) is 2.39. The van der Waals surface area contributed by atoms with Gasteiger partial charge in [-0.25, -0.2) is 0 Å². The molecular formula is C16H34N4O. The first kappa shape index (κ1) is 18.2. The number of ether oxygens (including phenoxy) is 1. The summed E-state index contributed by atoms with van der Waals surface area (Å²) >= 11 is 0. The van der Waals surface area contributed by atoms with Gasteiger partial charge >= 0.3 is 0 Å². The first-order valence-corrected chi connectivity index (χ1v) is 8.54. The van der Waals surface area contributed by atoms with Gasteiger partial charge in [-0.15, -0.1) is 0 Å². The maximum Gasteiger partial charge on any atom is 0.191 e. The van der Waals surface area contributed by atoms with Crippen molar-refractivity contribution in [3.63, 3.8) is 0 Å². The highest BCUT2D eigenvalue weighted by atomic mass is 16.5. The molecule has 1 heterocycles. The molecule has 0 aromatic heterocycles. The van der Waals surface area contributed by atoms with E-state index in [0.29, 0.717) is 5.92 Å². The number of hydrogen-bond donors (Lipinski definition) is 2. The number of rotatable bonds is 9. The zero-order valence-electron chi connectivity index (χ0n) is 14.2. The molecule has 124 valence electrons. The predicted molar refractivity (Wildman–Crippen MR) is 89.9 cm³/mol. The molecule has 2 N–H and O–H groups in total. The monoisotopic (exact) mass is 298 g/mol. The zero-order valence-corrected chi connectivity index (χ0v) is 14.2. The maximum atomic E-state index is 5.57. The Bertz CT molecular complexity index is 275. The summed E-state index contributed by atoms with van der Waals surface area (Å²) in [6.07, 6.45) is 4.07. The Morgan fingerprint density at radius 2 is 1.95 bits per heavy atom. The van der Waals surface area contributed by atoms with E-state index in [-0.39, 0.29) is 0 Å². The fraction of sp³-hybridized carbons (Fsp3) is 0.938. The van der Waals surface area contributed by atoms with Gasteiger partial charge in [0, 0.05) is 26.2 Å². The van der Waals surface area contributed by atoms with Gasteiger partial charge in [0.15, 0.2) is 5.96 Å². The van der Waals surface area contributed by atoms with Gasteiger partial charge in [0.25, 0.3) is 0 Å². The number of piperidine rings is 1. The molecule has 0 unspecified atom stereocenters. The molecule has 1 saturated heterocycles. The lowest BCUT2D eigenvalue weighted by atomic mass is 10.1. The number of guanidine groups is 1. The van der Waals surface area contributed by atoms with Crippen LogP contribution in [0.1, 0.15) is 40.0 Å². The van der Waals surface area contributed by atoms with Crippen molar-refractivity contribution < 1.29 is 4.74 Å². The van der Waals surface area contributed by atoms with Gasteiger partial charge < -0.3 is 20.3 Å². The average molecular weight is 298 g/mol. The Kier molecular flexibility index (Phi) is 10.3. The normalized spacial score (nSPS) is 17.2. The Hall–Kier alpha value is -0.810. The Labute approximate surface area is 130 Å². The van der Waals surface area contributed by atoms with Gasteiger partial charge in [-0.05, 0) is 38.8 Å². The van der Waals surface area contributed by atoms with Crippen LogP contribution in [-0.2, 0) is 4.74 Å². The van der Waals surface area contributed by atoms with Crippen LogP contribution in [-0.4, -0.2) is 63.3 Å². The third kappa shape index (κ3) is 9.69. The lowest BCUT2D eigenvalue weighted by Gasteiger charge is -2.25. The van der Waals surface area contributed by atoms with E-state index >= 15 is 0 Å². The number of nitrogens with one attached hydrogen (secondary N) is 2. The van der Waals surface area contributed by atoms with Gasteiger partial charge in [-0.2, -0.15) is 0 Å². The Morgan fingerprint density at radius 3 is 2.62 bits per heavy atom. The van der Waals surface area contributed by atoms with E-state index in [1.54, 1.807) is 0 Å². The predicted octanol–water partition coefficient (Wildman–Crippen LogP) is 1.70. The smallest absolute Gasteiger partial charge is 0.191 e. The van der Waals surface area contributed by atoms with E-state index in [9.17, 15) is 0 Å². The molecule has 1 aliphatic rings. The molecule has 0 aromatic rings. The van der Waals surface area contributed by atoms with Crippen LogP contribution >= 0.6 is 0 Å². The van der Waals surface area contributed by atoms with Crippen LogP contribution in [0.3, 0.4) is 0 Å². The number of hydrogen-bond acceptors (Lipinski definition) is 3. The lowest BCUT2D eigenvalue weighted by molar-refractivity contribution is 0.114. The highest BCUT2D eigenvalue weighted by Crippen LogP contribution is 2.07. The lowest BCUT2D eigenvalue weighted by Crippen LogP contribution is -2.40. The van der Waals surface area contributed by atoms with Gasteiger partial charge in [0.1, 0.15) is 0 Å². The van der Waals surface area contributed by atoms with Crippen molar-refractivity contribution in [3.05, 3.63) is 0 Å². The van der Waals surface area contributed by atoms with Crippen molar-refractivity contribution in [2.24, 2.45) is 10.9 Å². The molecule has 1 fully saturated rings. The van der Waals surface area contributed by atoms with E-state index in [1.807, 2.05) is 0 Å². The minimum atomic E-state index is 0.594. The summed E-state index contributed by atoms with van der Waals surface area (Å²) in [7, 11) is 0. The van der Waals surface area contributed by atoms with Gasteiger partial charge in [-0.1, -0.05) is 20.3 Å². The quantitative estimate of drug-likeness (QED) is 0.386. The highest BCUT2D eigenvalue weighted by Gasteiger charge is 2.08. The molecule has 0 saturated carbocycles. The summed E-state index contributed by atoms with van der Waals surface area (Å²) in [6, 6.07) is 0. The number of likely N-dealkylation sites (tertiary alicyclic amines) is 1. The van der Waals surface area contributed by atoms with Crippen molar-refractivity contribution >= 4 is 5.96 Å². The van der Waals surface area contributed by atoms with Crippen molar-refractivity contribution in [3.8, 4) is 0 Å². The molecule has 5 nitrogen and oxygen atoms in total. The minimum Gasteiger partial charge on any atom is -0.379 e. The first-order valence-electron chi connectivity index (χ1n) is 8.54. The molecule has 21 heavy (non-hydrogen) atoms. The van der Waals surface area contributed by atoms with Crippen molar-refractivity contribution in [1.29, 1.82) is 0 Å². The van der Waals surface area contributed by atoms with Gasteiger partial charge in [-0.3, -0.25) is 4.99 Å². The largest absolute Gasteiger partial charge is 0.379 e. The molecule has 5 heteroatoms. The highest BCUT2D eigenvalue weighted by molar-refractivity contribution is 5.79. The Morgan fingerprint density at radius 1 is 1.19 bits per heavy atom. The molecule has 0 aromatic carbocycles. The van der Waals surface area contributed by atoms with Crippen LogP contribution in [0.2, 0.25) is 0 Å². The zero-order chi connectivity index (χ0) is 15.3. The van der Waals surface area contributed by atoms with Crippen LogP contribution in [0.25, 0.3) is 0 Å². The van der Waals surface area contributed by atoms with Crippen LogP contribution in [0.15, 0.2) is 4.99 Å². The van der Waals surface area contributed by atoms with E-state index in [2.05, 4.69) is 41.3 Å². The second kappa shape index (κ2) is 11.8.